The van der Waals surface area contributed by atoms with Gasteiger partial charge in [-0.2, -0.15) is 0 Å². The first-order valence-electron chi connectivity index (χ1n) is 2.44. The van der Waals surface area contributed by atoms with Gasteiger partial charge in [-0.05, 0) is 0 Å². The van der Waals surface area contributed by atoms with Crippen LogP contribution in [0.25, 0.3) is 0 Å². The molecule has 0 rings (SSSR count). The molecule has 7 heteroatoms. The minimum absolute atomic E-state index is 0.219. The van der Waals surface area contributed by atoms with Crippen LogP contribution in [0.1, 0.15) is 0 Å². The van der Waals surface area contributed by atoms with Crippen LogP contribution >= 0.6 is 58.0 Å². The first-order valence-corrected chi connectivity index (χ1v) is 4.33. The molecule has 0 aromatic rings. The Morgan fingerprint density at radius 2 is 1.25 bits per heavy atom. The summed E-state index contributed by atoms with van der Waals surface area (Å²) in [6.07, 6.45) is 0. The molecule has 0 aliphatic rings. The summed E-state index contributed by atoms with van der Waals surface area (Å²) in [5.41, 5.74) is 4.79. The Labute approximate surface area is 93.8 Å². The third-order valence-corrected chi connectivity index (χ3v) is 2.66. The van der Waals surface area contributed by atoms with E-state index in [4.69, 9.17) is 63.7 Å². The maximum absolute atomic E-state index is 10.4. The van der Waals surface area contributed by atoms with E-state index in [1.807, 2.05) is 0 Å². The number of carbonyl (C=O) groups is 1. The lowest BCUT2D eigenvalue weighted by molar-refractivity contribution is -0.114. The molecule has 12 heavy (non-hydrogen) atoms. The van der Waals surface area contributed by atoms with Crippen molar-refractivity contribution in [1.29, 1.82) is 0 Å². The fourth-order valence-electron chi connectivity index (χ4n) is 0.287. The molecule has 0 radical (unpaired) electrons. The summed E-state index contributed by atoms with van der Waals surface area (Å²) in [7, 11) is 0. The Hall–Kier alpha value is 0.400. The Balaban J connectivity index is 5.06. The topological polar surface area (TPSA) is 43.1 Å². The molecule has 0 aromatic heterocycles. The van der Waals surface area contributed by atoms with Crippen molar-refractivity contribution in [2.75, 3.05) is 0 Å². The number of amides is 1. The molecular weight excluding hydrogens is 267 g/mol. The van der Waals surface area contributed by atoms with Crippen LogP contribution < -0.4 is 5.73 Å². The molecule has 1 amide bonds. The molecule has 68 valence electrons. The second-order valence-electron chi connectivity index (χ2n) is 1.57. The highest BCUT2D eigenvalue weighted by Gasteiger charge is 2.13. The van der Waals surface area contributed by atoms with Gasteiger partial charge in [0.05, 0.1) is 10.1 Å². The van der Waals surface area contributed by atoms with Crippen LogP contribution in [-0.4, -0.2) is 5.91 Å². The third kappa shape index (κ3) is 3.42. The molecule has 0 unspecified atom stereocenters. The van der Waals surface area contributed by atoms with Gasteiger partial charge in [0.15, 0.2) is 0 Å². The highest BCUT2D eigenvalue weighted by Crippen LogP contribution is 2.30. The molecule has 2 N–H and O–H groups in total. The molecule has 0 atom stereocenters. The van der Waals surface area contributed by atoms with E-state index in [0.29, 0.717) is 0 Å². The molecule has 0 heterocycles. The number of halogens is 5. The van der Waals surface area contributed by atoms with Crippen LogP contribution in [0.2, 0.25) is 0 Å². The standard InChI is InChI=1S/C5H2Cl5NO/c6-1(2(7)4(9)10)3(8)5(11)12/h(H2,11,12). The first-order chi connectivity index (χ1) is 5.37. The minimum atomic E-state index is -0.908. The SMILES string of the molecule is NC(=O)C(Cl)=C(Cl)C(Cl)=C(Cl)Cl. The summed E-state index contributed by atoms with van der Waals surface area (Å²) in [5.74, 6) is -0.908. The molecule has 0 saturated heterocycles. The summed E-state index contributed by atoms with van der Waals surface area (Å²) >= 11 is 26.8. The second-order valence-corrected chi connectivity index (χ2v) is 3.65. The lowest BCUT2D eigenvalue weighted by Gasteiger charge is -1.98. The molecule has 0 spiro atoms. The Morgan fingerprint density at radius 1 is 0.833 bits per heavy atom. The predicted octanol–water partition coefficient (Wildman–Crippen LogP) is 3.05. The van der Waals surface area contributed by atoms with Gasteiger partial charge in [-0.1, -0.05) is 58.0 Å². The molecule has 0 aliphatic heterocycles. The van der Waals surface area contributed by atoms with Crippen LogP contribution in [0.3, 0.4) is 0 Å². The van der Waals surface area contributed by atoms with Gasteiger partial charge in [-0.3, -0.25) is 4.79 Å². The van der Waals surface area contributed by atoms with E-state index in [-0.39, 0.29) is 14.6 Å². The number of hydrogen-bond donors (Lipinski definition) is 1. The van der Waals surface area contributed by atoms with E-state index < -0.39 is 10.9 Å². The van der Waals surface area contributed by atoms with Gasteiger partial charge in [0.1, 0.15) is 9.52 Å². The highest BCUT2D eigenvalue weighted by molar-refractivity contribution is 6.62. The van der Waals surface area contributed by atoms with Crippen molar-refractivity contribution >= 4 is 63.9 Å². The predicted molar refractivity (Wildman–Crippen MR) is 52.5 cm³/mol. The molecule has 2 nitrogen and oxygen atoms in total. The fourth-order valence-corrected chi connectivity index (χ4v) is 0.998. The number of allylic oxidation sites excluding steroid dienone is 2. The van der Waals surface area contributed by atoms with E-state index in [0.717, 1.165) is 0 Å². The van der Waals surface area contributed by atoms with Gasteiger partial charge in [0.2, 0.25) is 0 Å². The normalized spacial score (nSPS) is 12.1. The van der Waals surface area contributed by atoms with Crippen molar-refractivity contribution in [3.05, 3.63) is 19.6 Å². The molecule has 0 aromatic carbocycles. The van der Waals surface area contributed by atoms with Crippen LogP contribution in [0.5, 0.6) is 0 Å². The van der Waals surface area contributed by atoms with E-state index in [1.165, 1.54) is 0 Å². The van der Waals surface area contributed by atoms with Crippen molar-refractivity contribution in [3.8, 4) is 0 Å². The van der Waals surface area contributed by atoms with Gasteiger partial charge in [-0.15, -0.1) is 0 Å². The van der Waals surface area contributed by atoms with Crippen LogP contribution in [0.15, 0.2) is 19.6 Å². The zero-order chi connectivity index (χ0) is 9.89. The van der Waals surface area contributed by atoms with Crippen molar-refractivity contribution in [2.24, 2.45) is 5.73 Å². The maximum Gasteiger partial charge on any atom is 0.261 e. The number of primary amides is 1. The summed E-state index contributed by atoms with van der Waals surface area (Å²) in [6, 6.07) is 0. The number of carbonyl (C=O) groups excluding carboxylic acids is 1. The Bertz CT molecular complexity index is 265. The van der Waals surface area contributed by atoms with Crippen molar-refractivity contribution in [3.63, 3.8) is 0 Å². The number of rotatable bonds is 2. The van der Waals surface area contributed by atoms with E-state index in [2.05, 4.69) is 0 Å². The molecule has 0 saturated carbocycles. The molecule has 0 fully saturated rings. The van der Waals surface area contributed by atoms with Gasteiger partial charge >= 0.3 is 0 Å². The Morgan fingerprint density at radius 3 is 1.50 bits per heavy atom. The fraction of sp³-hybridized carbons (Fsp3) is 0. The second kappa shape index (κ2) is 5.20. The zero-order valence-corrected chi connectivity index (χ0v) is 9.16. The number of hydrogen-bond acceptors (Lipinski definition) is 1. The highest BCUT2D eigenvalue weighted by atomic mass is 35.5. The molecular formula is C5H2Cl5NO. The van der Waals surface area contributed by atoms with Crippen molar-refractivity contribution in [2.45, 2.75) is 0 Å². The summed E-state index contributed by atoms with van der Waals surface area (Å²) < 4.78 is -0.291. The summed E-state index contributed by atoms with van der Waals surface area (Å²) in [6.45, 7) is 0. The van der Waals surface area contributed by atoms with E-state index in [9.17, 15) is 4.79 Å². The molecule has 0 aliphatic carbocycles. The van der Waals surface area contributed by atoms with Crippen LogP contribution in [0, 0.1) is 0 Å². The Kier molecular flexibility index (Phi) is 5.37. The van der Waals surface area contributed by atoms with Gasteiger partial charge in [-0.25, -0.2) is 0 Å². The van der Waals surface area contributed by atoms with Gasteiger partial charge in [0.25, 0.3) is 5.91 Å². The average molecular weight is 269 g/mol. The molecule has 0 bridgehead atoms. The maximum atomic E-state index is 10.4. The largest absolute Gasteiger partial charge is 0.365 e. The van der Waals surface area contributed by atoms with Crippen molar-refractivity contribution < 1.29 is 4.79 Å². The lowest BCUT2D eigenvalue weighted by atomic mass is 10.4. The minimum Gasteiger partial charge on any atom is -0.365 e. The van der Waals surface area contributed by atoms with E-state index in [1.54, 1.807) is 0 Å². The zero-order valence-electron chi connectivity index (χ0n) is 5.38. The van der Waals surface area contributed by atoms with Crippen LogP contribution in [0.4, 0.5) is 0 Å². The lowest BCUT2D eigenvalue weighted by Crippen LogP contribution is -2.11. The third-order valence-electron chi connectivity index (χ3n) is 0.768. The average Bonchev–Trinajstić information content (AvgIpc) is 2.00. The van der Waals surface area contributed by atoms with E-state index >= 15 is 0 Å². The summed E-state index contributed by atoms with van der Waals surface area (Å²) in [4.78, 5) is 10.4. The van der Waals surface area contributed by atoms with Gasteiger partial charge < -0.3 is 5.73 Å². The van der Waals surface area contributed by atoms with Crippen LogP contribution in [-0.2, 0) is 4.79 Å². The van der Waals surface area contributed by atoms with Gasteiger partial charge in [0, 0.05) is 0 Å². The smallest absolute Gasteiger partial charge is 0.261 e. The number of nitrogens with two attached hydrogens (primary N) is 1. The quantitative estimate of drug-likeness (QED) is 0.607. The first kappa shape index (κ1) is 12.4. The summed E-state index contributed by atoms with van der Waals surface area (Å²) in [5, 5.41) is -0.907. The van der Waals surface area contributed by atoms with Crippen molar-refractivity contribution in [1.82, 2.24) is 0 Å². The monoisotopic (exact) mass is 267 g/mol.